The molecular weight excluding hydrogens is 246 g/mol. The van der Waals surface area contributed by atoms with Crippen LogP contribution in [-0.2, 0) is 6.54 Å². The molecule has 0 radical (unpaired) electrons. The molecule has 1 aromatic heterocycles. The zero-order valence-corrected chi connectivity index (χ0v) is 12.2. The summed E-state index contributed by atoms with van der Waals surface area (Å²) in [6.07, 6.45) is 3.77. The van der Waals surface area contributed by atoms with Crippen molar-refractivity contribution < 1.29 is 0 Å². The molecule has 0 amide bonds. The van der Waals surface area contributed by atoms with Crippen molar-refractivity contribution in [3.05, 3.63) is 22.8 Å². The lowest BCUT2D eigenvalue weighted by molar-refractivity contribution is 0.187. The molecule has 1 aromatic rings. The standard InChI is InChI=1S/C14H22ClN3/c1-4-11-6-5-10(2)18(11)9-13-12(15)7-8-14(16-3)17-13/h7-8,10-11H,4-6,9H2,1-3H3,(H,16,17). The smallest absolute Gasteiger partial charge is 0.126 e. The molecule has 0 bridgehead atoms. The molecule has 1 N–H and O–H groups in total. The first-order valence-electron chi connectivity index (χ1n) is 6.74. The van der Waals surface area contributed by atoms with Crippen LogP contribution in [0.4, 0.5) is 5.82 Å². The van der Waals surface area contributed by atoms with Gasteiger partial charge in [0.05, 0.1) is 10.7 Å². The van der Waals surface area contributed by atoms with Crippen LogP contribution < -0.4 is 5.32 Å². The van der Waals surface area contributed by atoms with Gasteiger partial charge in [-0.05, 0) is 38.3 Å². The minimum Gasteiger partial charge on any atom is -0.373 e. The largest absolute Gasteiger partial charge is 0.373 e. The molecular formula is C14H22ClN3. The SMILES string of the molecule is CCC1CCC(C)N1Cc1nc(NC)ccc1Cl. The Kier molecular flexibility index (Phi) is 4.46. The van der Waals surface area contributed by atoms with Crippen LogP contribution in [-0.4, -0.2) is 29.0 Å². The van der Waals surface area contributed by atoms with Crippen molar-refractivity contribution >= 4 is 17.4 Å². The van der Waals surface area contributed by atoms with Crippen LogP contribution in [0.15, 0.2) is 12.1 Å². The van der Waals surface area contributed by atoms with Crippen LogP contribution >= 0.6 is 11.6 Å². The number of hydrogen-bond donors (Lipinski definition) is 1. The first-order valence-corrected chi connectivity index (χ1v) is 7.12. The zero-order valence-electron chi connectivity index (χ0n) is 11.4. The third-order valence-electron chi connectivity index (χ3n) is 3.93. The molecule has 0 saturated carbocycles. The van der Waals surface area contributed by atoms with E-state index in [2.05, 4.69) is 29.0 Å². The van der Waals surface area contributed by atoms with E-state index >= 15 is 0 Å². The van der Waals surface area contributed by atoms with E-state index in [-0.39, 0.29) is 0 Å². The summed E-state index contributed by atoms with van der Waals surface area (Å²) in [4.78, 5) is 7.11. The van der Waals surface area contributed by atoms with Crippen LogP contribution in [0.2, 0.25) is 5.02 Å². The number of pyridine rings is 1. The van der Waals surface area contributed by atoms with E-state index in [1.54, 1.807) is 0 Å². The lowest BCUT2D eigenvalue weighted by atomic mass is 10.1. The van der Waals surface area contributed by atoms with Crippen LogP contribution in [0.5, 0.6) is 0 Å². The maximum atomic E-state index is 6.25. The van der Waals surface area contributed by atoms with Gasteiger partial charge in [-0.1, -0.05) is 18.5 Å². The quantitative estimate of drug-likeness (QED) is 0.904. The van der Waals surface area contributed by atoms with Gasteiger partial charge in [-0.25, -0.2) is 4.98 Å². The van der Waals surface area contributed by atoms with E-state index in [1.807, 2.05) is 19.2 Å². The topological polar surface area (TPSA) is 28.2 Å². The Morgan fingerprint density at radius 1 is 1.44 bits per heavy atom. The second kappa shape index (κ2) is 5.89. The lowest BCUT2D eigenvalue weighted by Crippen LogP contribution is -2.34. The molecule has 0 aromatic carbocycles. The predicted molar refractivity (Wildman–Crippen MR) is 77.1 cm³/mol. The van der Waals surface area contributed by atoms with Crippen molar-refractivity contribution in [3.63, 3.8) is 0 Å². The van der Waals surface area contributed by atoms with Gasteiger partial charge in [0.1, 0.15) is 5.82 Å². The van der Waals surface area contributed by atoms with E-state index in [0.717, 1.165) is 23.1 Å². The maximum absolute atomic E-state index is 6.25. The Labute approximate surface area is 115 Å². The summed E-state index contributed by atoms with van der Waals surface area (Å²) in [5.41, 5.74) is 0.982. The third-order valence-corrected chi connectivity index (χ3v) is 4.28. The molecule has 1 aliphatic heterocycles. The highest BCUT2D eigenvalue weighted by Crippen LogP contribution is 2.29. The average molecular weight is 268 g/mol. The fourth-order valence-corrected chi connectivity index (χ4v) is 2.92. The molecule has 2 rings (SSSR count). The molecule has 1 saturated heterocycles. The lowest BCUT2D eigenvalue weighted by Gasteiger charge is -2.27. The van der Waals surface area contributed by atoms with Crippen molar-refractivity contribution in [3.8, 4) is 0 Å². The van der Waals surface area contributed by atoms with E-state index in [9.17, 15) is 0 Å². The summed E-state index contributed by atoms with van der Waals surface area (Å²) in [6.45, 7) is 5.41. The van der Waals surface area contributed by atoms with E-state index in [1.165, 1.54) is 19.3 Å². The van der Waals surface area contributed by atoms with E-state index in [0.29, 0.717) is 12.1 Å². The summed E-state index contributed by atoms with van der Waals surface area (Å²) in [6, 6.07) is 5.15. The average Bonchev–Trinajstić information content (AvgIpc) is 2.73. The Hall–Kier alpha value is -0.800. The summed E-state index contributed by atoms with van der Waals surface area (Å²) in [5.74, 6) is 0.884. The van der Waals surface area contributed by atoms with Gasteiger partial charge in [0.2, 0.25) is 0 Å². The van der Waals surface area contributed by atoms with Crippen LogP contribution in [0.1, 0.15) is 38.8 Å². The van der Waals surface area contributed by atoms with Gasteiger partial charge in [-0.3, -0.25) is 4.90 Å². The van der Waals surface area contributed by atoms with Gasteiger partial charge in [0.25, 0.3) is 0 Å². The number of likely N-dealkylation sites (tertiary alicyclic amines) is 1. The molecule has 0 aliphatic carbocycles. The number of anilines is 1. The third kappa shape index (κ3) is 2.78. The van der Waals surface area contributed by atoms with Gasteiger partial charge in [-0.15, -0.1) is 0 Å². The van der Waals surface area contributed by atoms with Crippen LogP contribution in [0.3, 0.4) is 0 Å². The molecule has 2 atom stereocenters. The van der Waals surface area contributed by atoms with Crippen molar-refractivity contribution in [2.45, 2.75) is 51.7 Å². The Morgan fingerprint density at radius 3 is 2.89 bits per heavy atom. The number of halogens is 1. The first kappa shape index (κ1) is 13.6. The normalized spacial score (nSPS) is 24.4. The minimum atomic E-state index is 0.631. The Bertz CT molecular complexity index is 408. The zero-order chi connectivity index (χ0) is 13.1. The molecule has 1 fully saturated rings. The molecule has 3 nitrogen and oxygen atoms in total. The second-order valence-electron chi connectivity index (χ2n) is 5.04. The molecule has 0 spiro atoms. The van der Waals surface area contributed by atoms with Crippen molar-refractivity contribution in [2.24, 2.45) is 0 Å². The monoisotopic (exact) mass is 267 g/mol. The highest BCUT2D eigenvalue weighted by Gasteiger charge is 2.29. The molecule has 1 aliphatic rings. The molecule has 4 heteroatoms. The number of hydrogen-bond acceptors (Lipinski definition) is 3. The first-order chi connectivity index (χ1) is 8.65. The highest BCUT2D eigenvalue weighted by atomic mass is 35.5. The Balaban J connectivity index is 2.17. The fourth-order valence-electron chi connectivity index (χ4n) is 2.76. The predicted octanol–water partition coefficient (Wildman–Crippen LogP) is 3.54. The molecule has 2 heterocycles. The fraction of sp³-hybridized carbons (Fsp3) is 0.643. The number of rotatable bonds is 4. The van der Waals surface area contributed by atoms with Crippen molar-refractivity contribution in [1.29, 1.82) is 0 Å². The van der Waals surface area contributed by atoms with Gasteiger partial charge in [0.15, 0.2) is 0 Å². The van der Waals surface area contributed by atoms with Crippen molar-refractivity contribution in [1.82, 2.24) is 9.88 Å². The van der Waals surface area contributed by atoms with E-state index < -0.39 is 0 Å². The van der Waals surface area contributed by atoms with Gasteiger partial charge < -0.3 is 5.32 Å². The number of aromatic nitrogens is 1. The van der Waals surface area contributed by atoms with Crippen LogP contribution in [0, 0.1) is 0 Å². The maximum Gasteiger partial charge on any atom is 0.126 e. The molecule has 100 valence electrons. The summed E-state index contributed by atoms with van der Waals surface area (Å²) >= 11 is 6.25. The highest BCUT2D eigenvalue weighted by molar-refractivity contribution is 6.31. The Morgan fingerprint density at radius 2 is 2.22 bits per heavy atom. The minimum absolute atomic E-state index is 0.631. The summed E-state index contributed by atoms with van der Waals surface area (Å²) < 4.78 is 0. The van der Waals surface area contributed by atoms with Gasteiger partial charge >= 0.3 is 0 Å². The molecule has 18 heavy (non-hydrogen) atoms. The number of nitrogens with one attached hydrogen (secondary N) is 1. The summed E-state index contributed by atoms with van der Waals surface area (Å²) in [7, 11) is 1.88. The van der Waals surface area contributed by atoms with Gasteiger partial charge in [0, 0.05) is 25.7 Å². The van der Waals surface area contributed by atoms with Gasteiger partial charge in [-0.2, -0.15) is 0 Å². The number of nitrogens with zero attached hydrogens (tertiary/aromatic N) is 2. The molecule has 2 unspecified atom stereocenters. The van der Waals surface area contributed by atoms with Crippen molar-refractivity contribution in [2.75, 3.05) is 12.4 Å². The van der Waals surface area contributed by atoms with E-state index in [4.69, 9.17) is 11.6 Å². The second-order valence-corrected chi connectivity index (χ2v) is 5.44. The van der Waals surface area contributed by atoms with Crippen LogP contribution in [0.25, 0.3) is 0 Å². The summed E-state index contributed by atoms with van der Waals surface area (Å²) in [5, 5.41) is 3.83.